The van der Waals surface area contributed by atoms with Gasteiger partial charge in [0.1, 0.15) is 0 Å². The molecule has 8 atom stereocenters. The van der Waals surface area contributed by atoms with Gasteiger partial charge in [-0.25, -0.2) is 13.2 Å². The van der Waals surface area contributed by atoms with Gasteiger partial charge in [0.15, 0.2) is 15.6 Å². The molecule has 4 unspecified atom stereocenters. The lowest BCUT2D eigenvalue weighted by Crippen LogP contribution is -2.66. The Hall–Kier alpha value is -2.78. The van der Waals surface area contributed by atoms with Crippen LogP contribution in [0.5, 0.6) is 0 Å². The SMILES string of the molecule is CC(C)C1=C2C(CC1=O)[C@@H](NC(=O)CN1CCS(=O)(=O)CC1)C[C@]1(C)C2CCC2[C@@]3(C)CC=C(c4ccc(C(=O)O)cc4)C(C)(C)C3CC[C@]21C. The summed E-state index contributed by atoms with van der Waals surface area (Å²) in [5, 5.41) is 12.9. The Kier molecular flexibility index (Phi) is 8.89. The highest BCUT2D eigenvalue weighted by Crippen LogP contribution is 2.75. The van der Waals surface area contributed by atoms with Crippen LogP contribution in [-0.2, 0) is 19.4 Å². The molecule has 1 heterocycles. The van der Waals surface area contributed by atoms with Crippen molar-refractivity contribution >= 4 is 33.1 Å². The Morgan fingerprint density at radius 3 is 2.25 bits per heavy atom. The number of amides is 1. The van der Waals surface area contributed by atoms with E-state index in [9.17, 15) is 27.9 Å². The number of sulfone groups is 1. The molecule has 1 aromatic rings. The molecule has 6 aliphatic rings. The number of hydrogen-bond donors (Lipinski definition) is 2. The fourth-order valence-electron chi connectivity index (χ4n) is 13.1. The van der Waals surface area contributed by atoms with Crippen molar-refractivity contribution in [2.45, 2.75) is 99.5 Å². The molecule has 7 rings (SSSR count). The zero-order valence-corrected chi connectivity index (χ0v) is 32.5. The number of nitrogens with one attached hydrogen (secondary N) is 1. The second kappa shape index (κ2) is 12.4. The number of carbonyl (C=O) groups is 3. The monoisotopic (exact) mass is 718 g/mol. The lowest BCUT2D eigenvalue weighted by molar-refractivity contribution is -0.195. The lowest BCUT2D eigenvalue weighted by atomic mass is 9.33. The van der Waals surface area contributed by atoms with Crippen LogP contribution in [0.1, 0.15) is 109 Å². The highest BCUT2D eigenvalue weighted by Gasteiger charge is 2.69. The largest absolute Gasteiger partial charge is 0.478 e. The van der Waals surface area contributed by atoms with Crippen LogP contribution in [0, 0.1) is 51.2 Å². The molecule has 2 N–H and O–H groups in total. The molecule has 1 saturated heterocycles. The molecule has 1 amide bonds. The first kappa shape index (κ1) is 36.6. The first-order valence-corrected chi connectivity index (χ1v) is 21.2. The predicted octanol–water partition coefficient (Wildman–Crippen LogP) is 6.81. The molecule has 278 valence electrons. The molecule has 3 saturated carbocycles. The summed E-state index contributed by atoms with van der Waals surface area (Å²) in [6.45, 7) is 17.6. The van der Waals surface area contributed by atoms with Crippen LogP contribution in [0.15, 0.2) is 41.5 Å². The highest BCUT2D eigenvalue weighted by atomic mass is 32.2. The van der Waals surface area contributed by atoms with E-state index in [2.05, 4.69) is 59.9 Å². The van der Waals surface area contributed by atoms with E-state index in [0.717, 1.165) is 49.7 Å². The van der Waals surface area contributed by atoms with Crippen molar-refractivity contribution in [3.05, 3.63) is 52.6 Å². The van der Waals surface area contributed by atoms with Gasteiger partial charge in [-0.05, 0) is 113 Å². The third-order valence-electron chi connectivity index (χ3n) is 15.5. The maximum absolute atomic E-state index is 13.8. The van der Waals surface area contributed by atoms with Crippen molar-refractivity contribution in [3.63, 3.8) is 0 Å². The van der Waals surface area contributed by atoms with Crippen molar-refractivity contribution in [1.29, 1.82) is 0 Å². The van der Waals surface area contributed by atoms with Crippen LogP contribution in [0.3, 0.4) is 0 Å². The maximum Gasteiger partial charge on any atom is 0.335 e. The van der Waals surface area contributed by atoms with Crippen LogP contribution in [0.2, 0.25) is 0 Å². The van der Waals surface area contributed by atoms with E-state index in [1.165, 1.54) is 11.1 Å². The summed E-state index contributed by atoms with van der Waals surface area (Å²) >= 11 is 0. The van der Waals surface area contributed by atoms with Crippen LogP contribution in [0.25, 0.3) is 5.57 Å². The number of rotatable bonds is 6. The number of hydrogen-bond acceptors (Lipinski definition) is 6. The van der Waals surface area contributed by atoms with E-state index in [-0.39, 0.29) is 69.3 Å². The van der Waals surface area contributed by atoms with Gasteiger partial charge in [-0.2, -0.15) is 0 Å². The first-order valence-electron chi connectivity index (χ1n) is 19.4. The smallest absolute Gasteiger partial charge is 0.335 e. The topological polar surface area (TPSA) is 121 Å². The first-order chi connectivity index (χ1) is 23.8. The highest BCUT2D eigenvalue weighted by molar-refractivity contribution is 7.91. The van der Waals surface area contributed by atoms with Crippen molar-refractivity contribution in [3.8, 4) is 0 Å². The number of carbonyl (C=O) groups excluding carboxylic acids is 2. The van der Waals surface area contributed by atoms with Gasteiger partial charge in [0.2, 0.25) is 5.91 Å². The Labute approximate surface area is 304 Å². The second-order valence-electron chi connectivity index (χ2n) is 18.6. The number of benzene rings is 1. The van der Waals surface area contributed by atoms with Gasteiger partial charge < -0.3 is 10.4 Å². The summed E-state index contributed by atoms with van der Waals surface area (Å²) in [5.74, 6) is 0.864. The molecule has 51 heavy (non-hydrogen) atoms. The third kappa shape index (κ3) is 5.69. The molecule has 0 radical (unpaired) electrons. The second-order valence-corrected chi connectivity index (χ2v) is 20.9. The van der Waals surface area contributed by atoms with Gasteiger partial charge in [0, 0.05) is 31.5 Å². The minimum absolute atomic E-state index is 0.00162. The van der Waals surface area contributed by atoms with Gasteiger partial charge in [-0.15, -0.1) is 0 Å². The molecule has 8 nitrogen and oxygen atoms in total. The Morgan fingerprint density at radius 1 is 0.961 bits per heavy atom. The summed E-state index contributed by atoms with van der Waals surface area (Å²) in [6, 6.07) is 7.26. The average molecular weight is 719 g/mol. The maximum atomic E-state index is 13.8. The van der Waals surface area contributed by atoms with E-state index in [1.54, 1.807) is 12.1 Å². The molecular formula is C42H58N2O6S. The molecule has 1 aliphatic heterocycles. The number of nitrogens with zero attached hydrogens (tertiary/aromatic N) is 1. The van der Waals surface area contributed by atoms with Crippen molar-refractivity contribution in [2.75, 3.05) is 31.1 Å². The molecule has 0 aromatic heterocycles. The zero-order chi connectivity index (χ0) is 36.9. The van der Waals surface area contributed by atoms with Crippen LogP contribution in [0.4, 0.5) is 0 Å². The van der Waals surface area contributed by atoms with E-state index in [4.69, 9.17) is 0 Å². The standard InChI is InChI=1S/C42H58N2O6S/c1-25(2)36-32(45)22-28-31(43-35(46)24-44-18-20-51(49,50)21-19-44)23-42(7)30(37(28)36)12-13-34-40(5)16-14-29(26-8-10-27(11-9-26)38(47)48)39(3,4)33(40)15-17-41(34,42)6/h8-11,14,25,28,30-31,33-34H,12-13,15-24H2,1-7H3,(H,43,46)(H,47,48)/t28?,30?,31-,33?,34?,40-,41+,42+/m0/s1. The van der Waals surface area contributed by atoms with E-state index in [1.807, 2.05) is 17.0 Å². The molecule has 5 aliphatic carbocycles. The van der Waals surface area contributed by atoms with Gasteiger partial charge in [-0.1, -0.05) is 72.2 Å². The van der Waals surface area contributed by atoms with E-state index >= 15 is 0 Å². The van der Waals surface area contributed by atoms with Gasteiger partial charge in [0.25, 0.3) is 0 Å². The predicted molar refractivity (Wildman–Crippen MR) is 200 cm³/mol. The number of ketones is 1. The molecule has 1 aromatic carbocycles. The minimum atomic E-state index is -3.03. The summed E-state index contributed by atoms with van der Waals surface area (Å²) in [5.41, 5.74) is 4.94. The number of carboxylic acids is 1. The Morgan fingerprint density at radius 2 is 1.63 bits per heavy atom. The number of aromatic carboxylic acids is 1. The molecule has 9 heteroatoms. The number of allylic oxidation sites excluding steroid dienone is 3. The zero-order valence-electron chi connectivity index (χ0n) is 31.7. The van der Waals surface area contributed by atoms with E-state index < -0.39 is 15.8 Å². The van der Waals surface area contributed by atoms with E-state index in [0.29, 0.717) is 42.8 Å². The van der Waals surface area contributed by atoms with Gasteiger partial charge in [-0.3, -0.25) is 14.5 Å². The fraction of sp³-hybridized carbons (Fsp3) is 0.690. The molecule has 0 bridgehead atoms. The van der Waals surface area contributed by atoms with Crippen LogP contribution < -0.4 is 5.32 Å². The van der Waals surface area contributed by atoms with Crippen LogP contribution >= 0.6 is 0 Å². The van der Waals surface area contributed by atoms with Crippen molar-refractivity contribution in [2.24, 2.45) is 51.2 Å². The number of carboxylic acid groups (broad SMARTS) is 1. The Bertz CT molecular complexity index is 1800. The number of fused-ring (bicyclic) bond motifs is 7. The third-order valence-corrected chi connectivity index (χ3v) is 17.1. The van der Waals surface area contributed by atoms with Crippen LogP contribution in [-0.4, -0.2) is 73.3 Å². The lowest BCUT2D eigenvalue weighted by Gasteiger charge is -2.71. The van der Waals surface area contributed by atoms with Gasteiger partial charge in [0.05, 0.1) is 23.6 Å². The quantitative estimate of drug-likeness (QED) is 0.332. The van der Waals surface area contributed by atoms with Gasteiger partial charge >= 0.3 is 5.97 Å². The average Bonchev–Trinajstić information content (AvgIpc) is 3.39. The summed E-state index contributed by atoms with van der Waals surface area (Å²) in [7, 11) is -3.03. The fourth-order valence-corrected chi connectivity index (χ4v) is 14.3. The number of Topliss-reactive ketones (excluding diaryl/α,β-unsaturated/α-hetero) is 1. The summed E-state index contributed by atoms with van der Waals surface area (Å²) in [6.07, 6.45) is 9.11. The Balaban J connectivity index is 1.22. The van der Waals surface area contributed by atoms with Crippen molar-refractivity contribution < 1.29 is 27.9 Å². The molecule has 4 fully saturated rings. The normalized spacial score (nSPS) is 38.6. The minimum Gasteiger partial charge on any atom is -0.478 e. The summed E-state index contributed by atoms with van der Waals surface area (Å²) in [4.78, 5) is 41.0. The summed E-state index contributed by atoms with van der Waals surface area (Å²) < 4.78 is 24.1. The molecular weight excluding hydrogens is 661 g/mol. The molecule has 0 spiro atoms. The van der Waals surface area contributed by atoms with Crippen molar-refractivity contribution in [1.82, 2.24) is 10.2 Å².